The summed E-state index contributed by atoms with van der Waals surface area (Å²) in [6, 6.07) is 5.82. The van der Waals surface area contributed by atoms with Crippen LogP contribution in [0.5, 0.6) is 5.75 Å². The van der Waals surface area contributed by atoms with Gasteiger partial charge in [-0.2, -0.15) is 0 Å². The maximum absolute atomic E-state index is 14.6. The molecule has 7 atom stereocenters. The Kier molecular flexibility index (Phi) is 8.54. The van der Waals surface area contributed by atoms with Crippen molar-refractivity contribution in [2.45, 2.75) is 89.6 Å². The average molecular weight is 580 g/mol. The second-order valence-electron chi connectivity index (χ2n) is 11.9. The van der Waals surface area contributed by atoms with Crippen LogP contribution in [0, 0.1) is 11.8 Å². The number of amides is 3. The number of carbonyl (C=O) groups excluding carboxylic acids is 3. The normalized spacial score (nSPS) is 31.9. The minimum absolute atomic E-state index is 0.0313. The molecule has 0 aliphatic carbocycles. The third kappa shape index (κ3) is 4.56. The number of ether oxygens (including phenoxy) is 2. The first kappa shape index (κ1) is 30.3. The van der Waals surface area contributed by atoms with Crippen molar-refractivity contribution in [1.82, 2.24) is 9.80 Å². The van der Waals surface area contributed by atoms with Crippen LogP contribution in [-0.4, -0.2) is 88.3 Å². The van der Waals surface area contributed by atoms with Gasteiger partial charge >= 0.3 is 0 Å². The van der Waals surface area contributed by atoms with E-state index in [4.69, 9.17) is 9.47 Å². The molecule has 9 nitrogen and oxygen atoms in total. The van der Waals surface area contributed by atoms with E-state index in [0.717, 1.165) is 12.8 Å². The van der Waals surface area contributed by atoms with Crippen LogP contribution in [0.2, 0.25) is 0 Å². The van der Waals surface area contributed by atoms with Crippen LogP contribution in [0.15, 0.2) is 48.6 Å². The first-order chi connectivity index (χ1) is 20.2. The van der Waals surface area contributed by atoms with Crippen LogP contribution in [0.25, 0.3) is 0 Å². The summed E-state index contributed by atoms with van der Waals surface area (Å²) in [6.07, 6.45) is 10.4. The molecule has 0 saturated carbocycles. The van der Waals surface area contributed by atoms with Gasteiger partial charge in [0.2, 0.25) is 17.7 Å². The number of carbonyl (C=O) groups is 3. The SMILES string of the molecule is CCCC(C)N1CC=C[C@]23O[C@@]4(CC)C=CCN(c5ccc(OCC)cc5)C(=O)[C@H]4[C@H]2C(=O)N([C@@H](CC)CO)C3C1=O. The van der Waals surface area contributed by atoms with Crippen LogP contribution in [0.4, 0.5) is 5.69 Å². The van der Waals surface area contributed by atoms with E-state index < -0.39 is 35.1 Å². The number of benzene rings is 1. The zero-order valence-corrected chi connectivity index (χ0v) is 25.5. The zero-order valence-electron chi connectivity index (χ0n) is 25.5. The van der Waals surface area contributed by atoms with Crippen LogP contribution in [-0.2, 0) is 19.1 Å². The molecule has 0 aromatic heterocycles. The van der Waals surface area contributed by atoms with E-state index >= 15 is 0 Å². The van der Waals surface area contributed by atoms with Crippen LogP contribution >= 0.6 is 0 Å². The molecule has 5 rings (SSSR count). The Hall–Kier alpha value is -3.17. The molecule has 1 spiro atoms. The van der Waals surface area contributed by atoms with Crippen molar-refractivity contribution in [2.24, 2.45) is 11.8 Å². The lowest BCUT2D eigenvalue weighted by molar-refractivity contribution is -0.156. The first-order valence-electron chi connectivity index (χ1n) is 15.6. The standard InChI is InChI=1S/C33H45N3O6/c1-6-12-22(5)34-19-11-18-33-27(30(39)36(23(7-2)21-37)28(33)31(34)40)26-29(38)35(20-10-17-32(26,8-3)42-33)24-13-15-25(16-14-24)41-9-4/h10-11,13-18,22-23,26-28,37H,6-9,12,19-21H2,1-5H3/t22?,23-,26+,27-,28?,32-,33-/m0/s1. The summed E-state index contributed by atoms with van der Waals surface area (Å²) >= 11 is 0. The van der Waals surface area contributed by atoms with Gasteiger partial charge in [0.1, 0.15) is 17.4 Å². The van der Waals surface area contributed by atoms with Crippen molar-refractivity contribution < 1.29 is 29.0 Å². The number of anilines is 1. The largest absolute Gasteiger partial charge is 0.494 e. The Morgan fingerprint density at radius 1 is 0.976 bits per heavy atom. The van der Waals surface area contributed by atoms with Crippen molar-refractivity contribution in [2.75, 3.05) is 31.2 Å². The Labute approximate surface area is 249 Å². The summed E-state index contributed by atoms with van der Waals surface area (Å²) in [6.45, 7) is 10.9. The number of aliphatic hydroxyl groups is 1. The number of likely N-dealkylation sites (tertiary alicyclic amines) is 1. The van der Waals surface area contributed by atoms with Crippen molar-refractivity contribution in [1.29, 1.82) is 0 Å². The highest BCUT2D eigenvalue weighted by Gasteiger charge is 2.76. The topological polar surface area (TPSA) is 99.6 Å². The van der Waals surface area contributed by atoms with E-state index in [1.165, 1.54) is 0 Å². The summed E-state index contributed by atoms with van der Waals surface area (Å²) in [7, 11) is 0. The fraction of sp³-hybridized carbons (Fsp3) is 0.606. The third-order valence-corrected chi connectivity index (χ3v) is 9.68. The Bertz CT molecular complexity index is 1240. The number of aliphatic hydroxyl groups excluding tert-OH is 1. The quantitative estimate of drug-likeness (QED) is 0.425. The fourth-order valence-corrected chi connectivity index (χ4v) is 7.62. The molecule has 4 aliphatic rings. The number of nitrogens with zero attached hydrogens (tertiary/aromatic N) is 3. The van der Waals surface area contributed by atoms with E-state index in [9.17, 15) is 19.5 Å². The molecular formula is C33H45N3O6. The molecule has 3 amide bonds. The predicted octanol–water partition coefficient (Wildman–Crippen LogP) is 3.71. The van der Waals surface area contributed by atoms with Gasteiger partial charge in [0, 0.05) is 24.8 Å². The highest BCUT2D eigenvalue weighted by molar-refractivity contribution is 6.04. The molecule has 0 bridgehead atoms. The molecule has 2 saturated heterocycles. The number of hydrogen-bond acceptors (Lipinski definition) is 6. The van der Waals surface area contributed by atoms with E-state index in [1.807, 2.05) is 81.2 Å². The van der Waals surface area contributed by atoms with Crippen molar-refractivity contribution >= 4 is 23.4 Å². The summed E-state index contributed by atoms with van der Waals surface area (Å²) in [5.41, 5.74) is -1.69. The molecule has 4 aliphatic heterocycles. The van der Waals surface area contributed by atoms with Crippen LogP contribution in [0.1, 0.15) is 60.3 Å². The van der Waals surface area contributed by atoms with Gasteiger partial charge in [-0.3, -0.25) is 14.4 Å². The lowest BCUT2D eigenvalue weighted by Gasteiger charge is -2.41. The Balaban J connectivity index is 1.63. The Morgan fingerprint density at radius 3 is 2.31 bits per heavy atom. The second kappa shape index (κ2) is 11.8. The monoisotopic (exact) mass is 579 g/mol. The maximum atomic E-state index is 14.6. The molecule has 9 heteroatoms. The molecule has 42 heavy (non-hydrogen) atoms. The number of rotatable bonds is 10. The molecule has 0 radical (unpaired) electrons. The summed E-state index contributed by atoms with van der Waals surface area (Å²) in [4.78, 5) is 48.8. The van der Waals surface area contributed by atoms with E-state index in [1.54, 1.807) is 9.80 Å². The number of fused-ring (bicyclic) bond motifs is 2. The van der Waals surface area contributed by atoms with E-state index in [0.29, 0.717) is 44.0 Å². The zero-order chi connectivity index (χ0) is 30.2. The summed E-state index contributed by atoms with van der Waals surface area (Å²) in [5.74, 6) is -1.75. The number of hydrogen-bond donors (Lipinski definition) is 1. The van der Waals surface area contributed by atoms with Crippen molar-refractivity contribution in [3.8, 4) is 5.75 Å². The van der Waals surface area contributed by atoms with Gasteiger partial charge in [0.15, 0.2) is 0 Å². The van der Waals surface area contributed by atoms with E-state index in [-0.39, 0.29) is 30.4 Å². The van der Waals surface area contributed by atoms with Gasteiger partial charge in [-0.15, -0.1) is 0 Å². The highest BCUT2D eigenvalue weighted by atomic mass is 16.5. The first-order valence-corrected chi connectivity index (χ1v) is 15.6. The maximum Gasteiger partial charge on any atom is 0.249 e. The van der Waals surface area contributed by atoms with E-state index in [2.05, 4.69) is 6.92 Å². The fourth-order valence-electron chi connectivity index (χ4n) is 7.62. The van der Waals surface area contributed by atoms with Gasteiger partial charge in [0.05, 0.1) is 36.7 Å². The average Bonchev–Trinajstić information content (AvgIpc) is 3.27. The lowest BCUT2D eigenvalue weighted by atomic mass is 9.73. The lowest BCUT2D eigenvalue weighted by Crippen LogP contribution is -2.59. The summed E-state index contributed by atoms with van der Waals surface area (Å²) < 4.78 is 12.6. The van der Waals surface area contributed by atoms with Gasteiger partial charge in [0.25, 0.3) is 0 Å². The molecule has 1 N–H and O–H groups in total. The smallest absolute Gasteiger partial charge is 0.249 e. The molecule has 1 aromatic carbocycles. The minimum atomic E-state index is -1.33. The second-order valence-corrected chi connectivity index (χ2v) is 11.9. The van der Waals surface area contributed by atoms with Gasteiger partial charge in [-0.1, -0.05) is 51.5 Å². The van der Waals surface area contributed by atoms with Crippen molar-refractivity contribution in [3.05, 3.63) is 48.6 Å². The van der Waals surface area contributed by atoms with Gasteiger partial charge in [-0.25, -0.2) is 0 Å². The molecule has 228 valence electrons. The van der Waals surface area contributed by atoms with Crippen LogP contribution in [0.3, 0.4) is 0 Å². The minimum Gasteiger partial charge on any atom is -0.494 e. The third-order valence-electron chi connectivity index (χ3n) is 9.68. The molecule has 1 aromatic rings. The van der Waals surface area contributed by atoms with Gasteiger partial charge in [-0.05, 0) is 57.4 Å². The molecular weight excluding hydrogens is 534 g/mol. The highest BCUT2D eigenvalue weighted by Crippen LogP contribution is 2.59. The molecule has 2 unspecified atom stereocenters. The van der Waals surface area contributed by atoms with Crippen molar-refractivity contribution in [3.63, 3.8) is 0 Å². The van der Waals surface area contributed by atoms with Gasteiger partial charge < -0.3 is 29.3 Å². The Morgan fingerprint density at radius 2 is 1.69 bits per heavy atom. The summed E-state index contributed by atoms with van der Waals surface area (Å²) in [5, 5.41) is 10.4. The molecule has 4 heterocycles. The molecule has 2 fully saturated rings. The predicted molar refractivity (Wildman–Crippen MR) is 160 cm³/mol. The van der Waals surface area contributed by atoms with Crippen LogP contribution < -0.4 is 9.64 Å².